The molecule has 1 aromatic heterocycles. The van der Waals surface area contributed by atoms with Crippen LogP contribution in [0.4, 0.5) is 11.6 Å². The van der Waals surface area contributed by atoms with Gasteiger partial charge < -0.3 is 11.1 Å². The highest BCUT2D eigenvalue weighted by Gasteiger charge is 2.58. The topological polar surface area (TPSA) is 74.7 Å². The first-order valence-corrected chi connectivity index (χ1v) is 7.02. The minimum Gasteiger partial charge on any atom is -0.383 e. The zero-order chi connectivity index (χ0) is 15.0. The highest BCUT2D eigenvalue weighted by atomic mass is 15.1. The second-order valence-electron chi connectivity index (χ2n) is 6.07. The van der Waals surface area contributed by atoms with Crippen molar-refractivity contribution >= 4 is 11.6 Å². The van der Waals surface area contributed by atoms with Gasteiger partial charge in [0.1, 0.15) is 17.7 Å². The number of nitriles is 1. The average Bonchev–Trinajstić information content (AvgIpc) is 3.01. The fourth-order valence-electron chi connectivity index (χ4n) is 3.00. The van der Waals surface area contributed by atoms with Crippen LogP contribution >= 0.6 is 0 Å². The number of aromatic nitrogens is 1. The lowest BCUT2D eigenvalue weighted by Crippen LogP contribution is -2.11. The minimum absolute atomic E-state index is 0.172. The molecule has 0 saturated heterocycles. The molecule has 1 fully saturated rings. The van der Waals surface area contributed by atoms with Gasteiger partial charge in [-0.3, -0.25) is 0 Å². The molecule has 2 aromatic rings. The summed E-state index contributed by atoms with van der Waals surface area (Å²) in [6, 6.07) is 16.4. The van der Waals surface area contributed by atoms with E-state index in [4.69, 9.17) is 11.0 Å². The third-order valence-electron chi connectivity index (χ3n) is 4.33. The van der Waals surface area contributed by atoms with Crippen molar-refractivity contribution in [2.45, 2.75) is 25.8 Å². The van der Waals surface area contributed by atoms with Crippen LogP contribution < -0.4 is 11.1 Å². The minimum atomic E-state index is 0.172. The van der Waals surface area contributed by atoms with Crippen molar-refractivity contribution in [3.8, 4) is 6.07 Å². The maximum atomic E-state index is 8.89. The SMILES string of the molecule is CC1(C)[C@@H](Nc2ccc(C#N)c(N)n2)[C@@H]1c1ccccc1. The van der Waals surface area contributed by atoms with E-state index in [9.17, 15) is 0 Å². The summed E-state index contributed by atoms with van der Waals surface area (Å²) in [5.41, 5.74) is 7.69. The lowest BCUT2D eigenvalue weighted by Gasteiger charge is -2.08. The van der Waals surface area contributed by atoms with Crippen LogP contribution in [0.2, 0.25) is 0 Å². The van der Waals surface area contributed by atoms with Crippen molar-refractivity contribution in [1.82, 2.24) is 4.98 Å². The Hall–Kier alpha value is -2.54. The Kier molecular flexibility index (Phi) is 3.06. The largest absolute Gasteiger partial charge is 0.383 e. The summed E-state index contributed by atoms with van der Waals surface area (Å²) in [5, 5.41) is 12.3. The Labute approximate surface area is 124 Å². The van der Waals surface area contributed by atoms with Gasteiger partial charge in [0.25, 0.3) is 0 Å². The molecule has 2 atom stereocenters. The van der Waals surface area contributed by atoms with Gasteiger partial charge in [-0.1, -0.05) is 44.2 Å². The first kappa shape index (κ1) is 13.4. The summed E-state index contributed by atoms with van der Waals surface area (Å²) in [6.45, 7) is 4.49. The van der Waals surface area contributed by atoms with Crippen molar-refractivity contribution in [3.63, 3.8) is 0 Å². The fraction of sp³-hybridized carbons (Fsp3) is 0.294. The molecule has 106 valence electrons. The number of benzene rings is 1. The lowest BCUT2D eigenvalue weighted by atomic mass is 10.0. The average molecular weight is 278 g/mol. The first-order valence-electron chi connectivity index (χ1n) is 7.02. The molecule has 0 spiro atoms. The highest BCUT2D eigenvalue weighted by Crippen LogP contribution is 2.59. The molecule has 1 aromatic carbocycles. The fourth-order valence-corrected chi connectivity index (χ4v) is 3.00. The van der Waals surface area contributed by atoms with E-state index >= 15 is 0 Å². The second kappa shape index (κ2) is 4.78. The second-order valence-corrected chi connectivity index (χ2v) is 6.07. The molecular weight excluding hydrogens is 260 g/mol. The number of nitrogen functional groups attached to an aromatic ring is 1. The van der Waals surface area contributed by atoms with Crippen LogP contribution in [0.3, 0.4) is 0 Å². The number of anilines is 2. The summed E-state index contributed by atoms with van der Waals surface area (Å²) in [6.07, 6.45) is 0. The molecular formula is C17H18N4. The van der Waals surface area contributed by atoms with Crippen LogP contribution in [0.25, 0.3) is 0 Å². The van der Waals surface area contributed by atoms with E-state index in [1.165, 1.54) is 5.56 Å². The summed E-state index contributed by atoms with van der Waals surface area (Å²) in [5.74, 6) is 1.46. The summed E-state index contributed by atoms with van der Waals surface area (Å²) in [7, 11) is 0. The number of rotatable bonds is 3. The summed E-state index contributed by atoms with van der Waals surface area (Å²) < 4.78 is 0. The Morgan fingerprint density at radius 1 is 1.19 bits per heavy atom. The molecule has 0 amide bonds. The van der Waals surface area contributed by atoms with Crippen LogP contribution in [0, 0.1) is 16.7 Å². The molecule has 4 nitrogen and oxygen atoms in total. The highest BCUT2D eigenvalue weighted by molar-refractivity contribution is 5.55. The Bertz CT molecular complexity index is 700. The van der Waals surface area contributed by atoms with Gasteiger partial charge in [-0.05, 0) is 23.1 Å². The monoisotopic (exact) mass is 278 g/mol. The molecule has 3 rings (SSSR count). The molecule has 3 N–H and O–H groups in total. The molecule has 1 heterocycles. The standard InChI is InChI=1S/C17H18N4/c1-17(2)14(11-6-4-3-5-7-11)15(17)20-13-9-8-12(10-18)16(19)21-13/h3-9,14-15H,1-2H3,(H3,19,20,21)/t14-,15-/m0/s1. The van der Waals surface area contributed by atoms with E-state index in [1.807, 2.05) is 18.2 Å². The number of nitrogens with zero attached hydrogens (tertiary/aromatic N) is 2. The number of nitrogens with two attached hydrogens (primary N) is 1. The molecule has 1 saturated carbocycles. The van der Waals surface area contributed by atoms with Crippen LogP contribution in [-0.4, -0.2) is 11.0 Å². The van der Waals surface area contributed by atoms with Crippen LogP contribution in [0.1, 0.15) is 30.9 Å². The number of nitrogens with one attached hydrogen (secondary N) is 1. The molecule has 0 aliphatic heterocycles. The van der Waals surface area contributed by atoms with E-state index in [-0.39, 0.29) is 11.2 Å². The maximum Gasteiger partial charge on any atom is 0.143 e. The van der Waals surface area contributed by atoms with Gasteiger partial charge in [0.05, 0.1) is 5.56 Å². The van der Waals surface area contributed by atoms with Gasteiger partial charge >= 0.3 is 0 Å². The van der Waals surface area contributed by atoms with Gasteiger partial charge in [-0.25, -0.2) is 4.98 Å². The van der Waals surface area contributed by atoms with E-state index in [0.717, 1.165) is 5.82 Å². The Morgan fingerprint density at radius 3 is 2.52 bits per heavy atom. The third kappa shape index (κ3) is 2.31. The van der Waals surface area contributed by atoms with Gasteiger partial charge in [0, 0.05) is 12.0 Å². The molecule has 0 bridgehead atoms. The van der Waals surface area contributed by atoms with Crippen molar-refractivity contribution < 1.29 is 0 Å². The smallest absolute Gasteiger partial charge is 0.143 e. The van der Waals surface area contributed by atoms with E-state index in [0.29, 0.717) is 17.5 Å². The zero-order valence-corrected chi connectivity index (χ0v) is 12.2. The van der Waals surface area contributed by atoms with Crippen LogP contribution in [0.15, 0.2) is 42.5 Å². The third-order valence-corrected chi connectivity index (χ3v) is 4.33. The van der Waals surface area contributed by atoms with Crippen molar-refractivity contribution in [1.29, 1.82) is 5.26 Å². The first-order chi connectivity index (χ1) is 10.0. The quantitative estimate of drug-likeness (QED) is 0.904. The molecule has 21 heavy (non-hydrogen) atoms. The normalized spacial score (nSPS) is 22.3. The molecule has 1 aliphatic carbocycles. The van der Waals surface area contributed by atoms with Crippen LogP contribution in [0.5, 0.6) is 0 Å². The summed E-state index contributed by atoms with van der Waals surface area (Å²) in [4.78, 5) is 4.26. The number of hydrogen-bond donors (Lipinski definition) is 2. The summed E-state index contributed by atoms with van der Waals surface area (Å²) >= 11 is 0. The van der Waals surface area contributed by atoms with Crippen molar-refractivity contribution in [2.75, 3.05) is 11.1 Å². The number of pyridine rings is 1. The van der Waals surface area contributed by atoms with Crippen LogP contribution in [-0.2, 0) is 0 Å². The van der Waals surface area contributed by atoms with Gasteiger partial charge in [-0.2, -0.15) is 5.26 Å². The Morgan fingerprint density at radius 2 is 1.90 bits per heavy atom. The predicted molar refractivity (Wildman–Crippen MR) is 83.7 cm³/mol. The molecule has 0 unspecified atom stereocenters. The zero-order valence-electron chi connectivity index (χ0n) is 12.2. The lowest BCUT2D eigenvalue weighted by molar-refractivity contribution is 0.607. The molecule has 4 heteroatoms. The van der Waals surface area contributed by atoms with E-state index < -0.39 is 0 Å². The van der Waals surface area contributed by atoms with Gasteiger partial charge in [0.2, 0.25) is 0 Å². The van der Waals surface area contributed by atoms with Gasteiger partial charge in [0.15, 0.2) is 0 Å². The van der Waals surface area contributed by atoms with Gasteiger partial charge in [-0.15, -0.1) is 0 Å². The molecule has 0 radical (unpaired) electrons. The van der Waals surface area contributed by atoms with E-state index in [2.05, 4.69) is 48.4 Å². The predicted octanol–water partition coefficient (Wildman–Crippen LogP) is 3.14. The van der Waals surface area contributed by atoms with Crippen molar-refractivity contribution in [3.05, 3.63) is 53.6 Å². The maximum absolute atomic E-state index is 8.89. The Balaban J connectivity index is 1.80. The van der Waals surface area contributed by atoms with Crippen molar-refractivity contribution in [2.24, 2.45) is 5.41 Å². The molecule has 1 aliphatic rings. The van der Waals surface area contributed by atoms with E-state index in [1.54, 1.807) is 6.07 Å². The number of hydrogen-bond acceptors (Lipinski definition) is 4.